The molecule has 1 rings (SSSR count). The van der Waals surface area contributed by atoms with Gasteiger partial charge in [0.15, 0.2) is 5.54 Å². The highest BCUT2D eigenvalue weighted by Gasteiger charge is 2.33. The third-order valence-corrected chi connectivity index (χ3v) is 2.26. The number of esters is 1. The Hall–Kier alpha value is -1.88. The first kappa shape index (κ1) is 12.2. The summed E-state index contributed by atoms with van der Waals surface area (Å²) >= 11 is 0. The van der Waals surface area contributed by atoms with Crippen molar-refractivity contribution in [1.29, 1.82) is 5.41 Å². The second kappa shape index (κ2) is 4.76. The minimum absolute atomic E-state index is 0.138. The lowest BCUT2D eigenvalue weighted by atomic mass is 9.93. The minimum atomic E-state index is -1.45. The van der Waals surface area contributed by atoms with Crippen LogP contribution >= 0.6 is 0 Å². The van der Waals surface area contributed by atoms with Gasteiger partial charge in [0.2, 0.25) is 0 Å². The van der Waals surface area contributed by atoms with Crippen LogP contribution in [0.15, 0.2) is 24.3 Å². The number of hydrogen-bond acceptors (Lipinski definition) is 5. The van der Waals surface area contributed by atoms with Crippen LogP contribution in [0.2, 0.25) is 0 Å². The molecule has 0 aromatic heterocycles. The number of phenolic OH excluding ortho intramolecular Hbond substituents is 1. The van der Waals surface area contributed by atoms with Gasteiger partial charge in [-0.2, -0.15) is 0 Å². The Morgan fingerprint density at radius 3 is 2.56 bits per heavy atom. The molecule has 0 heterocycles. The summed E-state index contributed by atoms with van der Waals surface area (Å²) in [5, 5.41) is 16.3. The summed E-state index contributed by atoms with van der Waals surface area (Å²) in [4.78, 5) is 11.4. The Kier molecular flexibility index (Phi) is 3.63. The zero-order chi connectivity index (χ0) is 12.2. The molecule has 1 atom stereocenters. The Balaban J connectivity index is 2.89. The zero-order valence-corrected chi connectivity index (χ0v) is 8.93. The molecule has 0 bridgehead atoms. The number of carbonyl (C=O) groups excluding carboxylic acids is 1. The van der Waals surface area contributed by atoms with Crippen molar-refractivity contribution in [3.8, 4) is 5.75 Å². The molecule has 16 heavy (non-hydrogen) atoms. The summed E-state index contributed by atoms with van der Waals surface area (Å²) in [6.45, 7) is 0. The number of aromatic hydroxyl groups is 1. The molecule has 5 heteroatoms. The first-order chi connectivity index (χ1) is 7.51. The van der Waals surface area contributed by atoms with Gasteiger partial charge in [0, 0.05) is 12.6 Å². The number of ether oxygens (including phenoxy) is 1. The summed E-state index contributed by atoms with van der Waals surface area (Å²) in [7, 11) is 1.23. The van der Waals surface area contributed by atoms with Gasteiger partial charge in [0.1, 0.15) is 5.75 Å². The lowest BCUT2D eigenvalue weighted by Crippen LogP contribution is -2.52. The number of rotatable bonds is 4. The molecular weight excluding hydrogens is 208 g/mol. The van der Waals surface area contributed by atoms with Crippen molar-refractivity contribution in [2.75, 3.05) is 7.11 Å². The van der Waals surface area contributed by atoms with Gasteiger partial charge < -0.3 is 21.0 Å². The number of nitrogens with two attached hydrogens (primary N) is 1. The molecule has 0 aliphatic carbocycles. The summed E-state index contributed by atoms with van der Waals surface area (Å²) < 4.78 is 4.54. The van der Waals surface area contributed by atoms with E-state index < -0.39 is 11.5 Å². The van der Waals surface area contributed by atoms with Crippen molar-refractivity contribution in [3.05, 3.63) is 29.8 Å². The average molecular weight is 222 g/mol. The van der Waals surface area contributed by atoms with Gasteiger partial charge in [-0.1, -0.05) is 12.1 Å². The van der Waals surface area contributed by atoms with Crippen molar-refractivity contribution < 1.29 is 14.6 Å². The van der Waals surface area contributed by atoms with Crippen molar-refractivity contribution in [2.24, 2.45) is 5.73 Å². The summed E-state index contributed by atoms with van der Waals surface area (Å²) in [5.74, 6) is -0.519. The van der Waals surface area contributed by atoms with Crippen LogP contribution in [0.4, 0.5) is 0 Å². The highest BCUT2D eigenvalue weighted by atomic mass is 16.5. The van der Waals surface area contributed by atoms with Gasteiger partial charge in [-0.15, -0.1) is 0 Å². The molecule has 4 N–H and O–H groups in total. The van der Waals surface area contributed by atoms with E-state index >= 15 is 0 Å². The van der Waals surface area contributed by atoms with Crippen LogP contribution < -0.4 is 5.73 Å². The van der Waals surface area contributed by atoms with E-state index in [2.05, 4.69) is 4.74 Å². The van der Waals surface area contributed by atoms with E-state index in [0.29, 0.717) is 0 Å². The van der Waals surface area contributed by atoms with Gasteiger partial charge >= 0.3 is 5.97 Å². The number of methoxy groups -OCH3 is 1. The molecule has 1 aromatic carbocycles. The number of hydrogen-bond donors (Lipinski definition) is 3. The molecule has 0 aliphatic rings. The van der Waals surface area contributed by atoms with Gasteiger partial charge in [0.05, 0.1) is 7.11 Å². The van der Waals surface area contributed by atoms with Crippen LogP contribution in [0.25, 0.3) is 0 Å². The number of phenols is 1. The Bertz CT molecular complexity index is 389. The zero-order valence-electron chi connectivity index (χ0n) is 8.93. The van der Waals surface area contributed by atoms with Crippen LogP contribution in [0.5, 0.6) is 5.75 Å². The predicted octanol–water partition coefficient (Wildman–Crippen LogP) is 0.455. The van der Waals surface area contributed by atoms with E-state index in [9.17, 15) is 4.79 Å². The van der Waals surface area contributed by atoms with Crippen molar-refractivity contribution in [3.63, 3.8) is 0 Å². The average Bonchev–Trinajstić information content (AvgIpc) is 2.31. The molecular formula is C11H14N2O3. The molecule has 0 saturated carbocycles. The van der Waals surface area contributed by atoms with E-state index in [4.69, 9.17) is 16.2 Å². The molecule has 0 spiro atoms. The molecule has 1 unspecified atom stereocenters. The van der Waals surface area contributed by atoms with E-state index in [-0.39, 0.29) is 12.2 Å². The van der Waals surface area contributed by atoms with Gasteiger partial charge in [-0.25, -0.2) is 4.79 Å². The lowest BCUT2D eigenvalue weighted by Gasteiger charge is -2.21. The quantitative estimate of drug-likeness (QED) is 0.509. The second-order valence-corrected chi connectivity index (χ2v) is 3.52. The smallest absolute Gasteiger partial charge is 0.331 e. The third-order valence-electron chi connectivity index (χ3n) is 2.26. The third kappa shape index (κ3) is 2.58. The SMILES string of the molecule is COC(=O)C(N)(C=N)Cc1ccc(O)cc1. The summed E-state index contributed by atoms with van der Waals surface area (Å²) in [5.41, 5.74) is 5.03. The first-order valence-corrected chi connectivity index (χ1v) is 4.68. The highest BCUT2D eigenvalue weighted by molar-refractivity contribution is 5.99. The number of benzene rings is 1. The topological polar surface area (TPSA) is 96.4 Å². The molecule has 0 aliphatic heterocycles. The van der Waals surface area contributed by atoms with Crippen LogP contribution in [-0.2, 0) is 16.0 Å². The van der Waals surface area contributed by atoms with Gasteiger partial charge in [-0.05, 0) is 17.7 Å². The van der Waals surface area contributed by atoms with Crippen molar-refractivity contribution in [1.82, 2.24) is 0 Å². The van der Waals surface area contributed by atoms with E-state index in [1.165, 1.54) is 19.2 Å². The lowest BCUT2D eigenvalue weighted by molar-refractivity contribution is -0.144. The summed E-state index contributed by atoms with van der Waals surface area (Å²) in [6, 6.07) is 6.28. The maximum absolute atomic E-state index is 11.4. The number of nitrogens with one attached hydrogen (secondary N) is 1. The Morgan fingerprint density at radius 2 is 2.12 bits per heavy atom. The van der Waals surface area contributed by atoms with Crippen LogP contribution in [0.3, 0.4) is 0 Å². The highest BCUT2D eigenvalue weighted by Crippen LogP contribution is 2.15. The Morgan fingerprint density at radius 1 is 1.56 bits per heavy atom. The fraction of sp³-hybridized carbons (Fsp3) is 0.273. The molecule has 0 amide bonds. The standard InChI is InChI=1S/C11H14N2O3/c1-16-10(15)11(13,7-12)6-8-2-4-9(14)5-3-8/h2-5,7,12,14H,6,13H2,1H3. The Labute approximate surface area is 93.4 Å². The van der Waals surface area contributed by atoms with E-state index in [1.807, 2.05) is 0 Å². The fourth-order valence-corrected chi connectivity index (χ4v) is 1.32. The molecule has 5 nitrogen and oxygen atoms in total. The predicted molar refractivity (Wildman–Crippen MR) is 59.5 cm³/mol. The minimum Gasteiger partial charge on any atom is -0.508 e. The first-order valence-electron chi connectivity index (χ1n) is 4.68. The second-order valence-electron chi connectivity index (χ2n) is 3.52. The molecule has 0 saturated heterocycles. The number of carbonyl (C=O) groups is 1. The van der Waals surface area contributed by atoms with Crippen molar-refractivity contribution in [2.45, 2.75) is 12.0 Å². The van der Waals surface area contributed by atoms with Crippen molar-refractivity contribution >= 4 is 12.2 Å². The van der Waals surface area contributed by atoms with Crippen LogP contribution in [0.1, 0.15) is 5.56 Å². The van der Waals surface area contributed by atoms with Gasteiger partial charge in [-0.3, -0.25) is 0 Å². The summed E-state index contributed by atoms with van der Waals surface area (Å²) in [6.07, 6.45) is 1.02. The molecule has 1 aromatic rings. The van der Waals surface area contributed by atoms with Crippen LogP contribution in [0, 0.1) is 5.41 Å². The van der Waals surface area contributed by atoms with Gasteiger partial charge in [0.25, 0.3) is 0 Å². The fourth-order valence-electron chi connectivity index (χ4n) is 1.32. The largest absolute Gasteiger partial charge is 0.508 e. The molecule has 0 radical (unpaired) electrons. The van der Waals surface area contributed by atoms with Crippen LogP contribution in [-0.4, -0.2) is 29.9 Å². The molecule has 86 valence electrons. The monoisotopic (exact) mass is 222 g/mol. The molecule has 0 fully saturated rings. The van der Waals surface area contributed by atoms with E-state index in [1.54, 1.807) is 12.1 Å². The maximum Gasteiger partial charge on any atom is 0.331 e. The normalized spacial score (nSPS) is 13.9. The van der Waals surface area contributed by atoms with E-state index in [0.717, 1.165) is 11.8 Å². The maximum atomic E-state index is 11.4.